The van der Waals surface area contributed by atoms with E-state index >= 15 is 0 Å². The Morgan fingerprint density at radius 2 is 2.00 bits per heavy atom. The molecule has 0 aliphatic heterocycles. The van der Waals surface area contributed by atoms with Crippen molar-refractivity contribution in [2.24, 2.45) is 0 Å². The number of hydrogen-bond donors (Lipinski definition) is 2. The molecule has 2 N–H and O–H groups in total. The molecule has 34 heavy (non-hydrogen) atoms. The number of para-hydroxylation sites is 1. The van der Waals surface area contributed by atoms with E-state index in [1.54, 1.807) is 31.2 Å². The van der Waals surface area contributed by atoms with Crippen molar-refractivity contribution in [2.45, 2.75) is 24.7 Å². The van der Waals surface area contributed by atoms with Gasteiger partial charge >= 0.3 is 11.7 Å². The molecule has 0 bridgehead atoms. The lowest BCUT2D eigenvalue weighted by Crippen LogP contribution is -2.44. The highest BCUT2D eigenvalue weighted by molar-refractivity contribution is 7.91. The molecule has 3 rings (SSSR count). The number of aromatic nitrogens is 3. The SMILES string of the molecule is CCOC(=O)CN(CCNS(=O)(=O)c1nc2ccccc2s1)C(=O)Cn1cc(C)c(=O)[nH]c1=O. The number of aryl methyl sites for hydroxylation is 1. The molecule has 0 saturated carbocycles. The zero-order valence-electron chi connectivity index (χ0n) is 18.4. The lowest BCUT2D eigenvalue weighted by Gasteiger charge is -2.22. The lowest BCUT2D eigenvalue weighted by atomic mass is 10.3. The molecular formula is C20H23N5O7S2. The molecule has 0 atom stereocenters. The summed E-state index contributed by atoms with van der Waals surface area (Å²) < 4.78 is 34.1. The summed E-state index contributed by atoms with van der Waals surface area (Å²) in [7, 11) is -3.95. The number of benzene rings is 1. The number of esters is 1. The number of aromatic amines is 1. The van der Waals surface area contributed by atoms with Crippen molar-refractivity contribution in [3.05, 3.63) is 56.9 Å². The molecule has 0 spiro atoms. The maximum Gasteiger partial charge on any atom is 0.328 e. The predicted octanol–water partition coefficient (Wildman–Crippen LogP) is -0.175. The van der Waals surface area contributed by atoms with Crippen molar-refractivity contribution in [2.75, 3.05) is 26.2 Å². The fourth-order valence-corrected chi connectivity index (χ4v) is 5.26. The number of H-pyrrole nitrogens is 1. The van der Waals surface area contributed by atoms with Crippen LogP contribution in [0.5, 0.6) is 0 Å². The lowest BCUT2D eigenvalue weighted by molar-refractivity contribution is -0.149. The summed E-state index contributed by atoms with van der Waals surface area (Å²) in [4.78, 5) is 55.6. The van der Waals surface area contributed by atoms with Gasteiger partial charge in [0.2, 0.25) is 10.2 Å². The van der Waals surface area contributed by atoms with Crippen LogP contribution in [-0.2, 0) is 30.9 Å². The van der Waals surface area contributed by atoms with Gasteiger partial charge in [-0.1, -0.05) is 12.1 Å². The average molecular weight is 510 g/mol. The minimum Gasteiger partial charge on any atom is -0.465 e. The zero-order chi connectivity index (χ0) is 24.9. The van der Waals surface area contributed by atoms with Crippen molar-refractivity contribution < 1.29 is 22.7 Å². The number of carbonyl (C=O) groups excluding carboxylic acids is 2. The van der Waals surface area contributed by atoms with Crippen molar-refractivity contribution in [1.29, 1.82) is 0 Å². The fraction of sp³-hybridized carbons (Fsp3) is 0.350. The molecule has 0 saturated heterocycles. The first-order chi connectivity index (χ1) is 16.1. The molecule has 0 aliphatic carbocycles. The van der Waals surface area contributed by atoms with Crippen LogP contribution >= 0.6 is 11.3 Å². The molecular weight excluding hydrogens is 486 g/mol. The first-order valence-electron chi connectivity index (χ1n) is 10.2. The summed E-state index contributed by atoms with van der Waals surface area (Å²) in [5, 5.41) is 0. The zero-order valence-corrected chi connectivity index (χ0v) is 20.1. The van der Waals surface area contributed by atoms with Gasteiger partial charge in [0.25, 0.3) is 15.6 Å². The molecule has 0 aliphatic rings. The van der Waals surface area contributed by atoms with E-state index in [2.05, 4.69) is 14.7 Å². The van der Waals surface area contributed by atoms with E-state index in [1.165, 1.54) is 13.1 Å². The molecule has 14 heteroatoms. The molecule has 0 fully saturated rings. The van der Waals surface area contributed by atoms with E-state index in [-0.39, 0.29) is 29.6 Å². The number of nitrogens with one attached hydrogen (secondary N) is 2. The summed E-state index contributed by atoms with van der Waals surface area (Å²) in [5.74, 6) is -1.32. The molecule has 2 aromatic heterocycles. The van der Waals surface area contributed by atoms with E-state index in [0.717, 1.165) is 20.8 Å². The topological polar surface area (TPSA) is 161 Å². The highest BCUT2D eigenvalue weighted by atomic mass is 32.2. The van der Waals surface area contributed by atoms with Crippen LogP contribution in [0.15, 0.2) is 44.4 Å². The number of fused-ring (bicyclic) bond motifs is 1. The largest absolute Gasteiger partial charge is 0.465 e. The minimum atomic E-state index is -3.95. The minimum absolute atomic E-state index is 0.101. The van der Waals surface area contributed by atoms with Gasteiger partial charge in [0.15, 0.2) is 0 Å². The molecule has 3 aromatic rings. The Balaban J connectivity index is 1.72. The van der Waals surface area contributed by atoms with E-state index in [1.807, 2.05) is 0 Å². The Bertz CT molecular complexity index is 1390. The Morgan fingerprint density at radius 3 is 2.71 bits per heavy atom. The number of ether oxygens (including phenoxy) is 1. The standard InChI is InChI=1S/C20H23N5O7S2/c1-3-32-17(27)12-24(16(26)11-25-10-13(2)18(28)23-19(25)29)9-8-21-34(30,31)20-22-14-6-4-5-7-15(14)33-20/h4-7,10,21H,3,8-9,11-12H2,1-2H3,(H,23,28,29). The monoisotopic (exact) mass is 509 g/mol. The molecule has 2 heterocycles. The highest BCUT2D eigenvalue weighted by Gasteiger charge is 2.22. The van der Waals surface area contributed by atoms with Gasteiger partial charge in [0.1, 0.15) is 13.1 Å². The number of rotatable bonds is 10. The first-order valence-corrected chi connectivity index (χ1v) is 12.5. The maximum absolute atomic E-state index is 12.8. The first kappa shape index (κ1) is 25.3. The van der Waals surface area contributed by atoms with E-state index in [4.69, 9.17) is 4.74 Å². The number of amides is 1. The smallest absolute Gasteiger partial charge is 0.328 e. The third-order valence-corrected chi connectivity index (χ3v) is 7.53. The molecule has 1 aromatic carbocycles. The normalized spacial score (nSPS) is 11.5. The number of hydrogen-bond acceptors (Lipinski definition) is 9. The quantitative estimate of drug-likeness (QED) is 0.356. The van der Waals surface area contributed by atoms with Gasteiger partial charge < -0.3 is 9.64 Å². The molecule has 0 radical (unpaired) electrons. The summed E-state index contributed by atoms with van der Waals surface area (Å²) >= 11 is 1.01. The number of thiazole rings is 1. The van der Waals surface area contributed by atoms with Crippen molar-refractivity contribution >= 4 is 43.5 Å². The van der Waals surface area contributed by atoms with Gasteiger partial charge in [-0.15, -0.1) is 11.3 Å². The second kappa shape index (κ2) is 10.7. The van der Waals surface area contributed by atoms with Crippen LogP contribution in [-0.4, -0.2) is 66.0 Å². The molecule has 182 valence electrons. The van der Waals surface area contributed by atoms with Gasteiger partial charge in [0.05, 0.1) is 16.8 Å². The highest BCUT2D eigenvalue weighted by Crippen LogP contribution is 2.24. The van der Waals surface area contributed by atoms with Crippen LogP contribution in [0.3, 0.4) is 0 Å². The average Bonchev–Trinajstić information content (AvgIpc) is 3.22. The predicted molar refractivity (Wildman–Crippen MR) is 124 cm³/mol. The number of sulfonamides is 1. The second-order valence-electron chi connectivity index (χ2n) is 7.16. The second-order valence-corrected chi connectivity index (χ2v) is 10.1. The summed E-state index contributed by atoms with van der Waals surface area (Å²) in [6.07, 6.45) is 1.23. The van der Waals surface area contributed by atoms with Crippen LogP contribution in [0.4, 0.5) is 0 Å². The molecule has 12 nitrogen and oxygen atoms in total. The van der Waals surface area contributed by atoms with E-state index in [9.17, 15) is 27.6 Å². The summed E-state index contributed by atoms with van der Waals surface area (Å²) in [6.45, 7) is 1.92. The van der Waals surface area contributed by atoms with Gasteiger partial charge in [-0.2, -0.15) is 0 Å². The Morgan fingerprint density at radius 1 is 1.26 bits per heavy atom. The van der Waals surface area contributed by atoms with Gasteiger partial charge in [-0.25, -0.2) is 22.9 Å². The number of carbonyl (C=O) groups is 2. The van der Waals surface area contributed by atoms with E-state index < -0.39 is 46.2 Å². The van der Waals surface area contributed by atoms with Crippen molar-refractivity contribution in [3.63, 3.8) is 0 Å². The third-order valence-electron chi connectivity index (χ3n) is 4.65. The van der Waals surface area contributed by atoms with Crippen LogP contribution in [0.25, 0.3) is 10.2 Å². The maximum atomic E-state index is 12.8. The Hall–Kier alpha value is -3.36. The fourth-order valence-electron chi connectivity index (χ4n) is 2.98. The van der Waals surface area contributed by atoms with E-state index in [0.29, 0.717) is 10.2 Å². The van der Waals surface area contributed by atoms with Gasteiger partial charge in [-0.05, 0) is 26.0 Å². The van der Waals surface area contributed by atoms with Crippen LogP contribution < -0.4 is 16.0 Å². The Labute approximate surface area is 198 Å². The molecule has 1 amide bonds. The summed E-state index contributed by atoms with van der Waals surface area (Å²) in [5.41, 5.74) is -0.570. The van der Waals surface area contributed by atoms with Crippen molar-refractivity contribution in [3.8, 4) is 0 Å². The van der Waals surface area contributed by atoms with Crippen molar-refractivity contribution in [1.82, 2.24) is 24.2 Å². The van der Waals surface area contributed by atoms with Crippen LogP contribution in [0, 0.1) is 6.92 Å². The van der Waals surface area contributed by atoms with Gasteiger partial charge in [0, 0.05) is 24.8 Å². The third kappa shape index (κ3) is 6.15. The number of nitrogens with zero attached hydrogens (tertiary/aromatic N) is 3. The van der Waals surface area contributed by atoms with Crippen LogP contribution in [0.1, 0.15) is 12.5 Å². The van der Waals surface area contributed by atoms with Gasteiger partial charge in [-0.3, -0.25) is 23.9 Å². The van der Waals surface area contributed by atoms with Crippen LogP contribution in [0.2, 0.25) is 0 Å². The summed E-state index contributed by atoms with van der Waals surface area (Å²) in [6, 6.07) is 6.98. The molecule has 0 unspecified atom stereocenters. The Kier molecular flexibility index (Phi) is 7.96.